The van der Waals surface area contributed by atoms with Crippen LogP contribution in [0.1, 0.15) is 28.9 Å². The van der Waals surface area contributed by atoms with Crippen molar-refractivity contribution in [3.8, 4) is 11.4 Å². The summed E-state index contributed by atoms with van der Waals surface area (Å²) in [5.74, 6) is 0.585. The lowest BCUT2D eigenvalue weighted by molar-refractivity contribution is 0.0696. The highest BCUT2D eigenvalue weighted by atomic mass is 16.5. The zero-order chi connectivity index (χ0) is 15.4. The van der Waals surface area contributed by atoms with Crippen LogP contribution < -0.4 is 5.32 Å². The largest absolute Gasteiger partial charge is 0.381 e. The van der Waals surface area contributed by atoms with Gasteiger partial charge in [0.1, 0.15) is 0 Å². The Kier molecular flexibility index (Phi) is 4.44. The molecule has 0 unspecified atom stereocenters. The van der Waals surface area contributed by atoms with Gasteiger partial charge in [-0.2, -0.15) is 0 Å². The molecule has 5 nitrogen and oxygen atoms in total. The van der Waals surface area contributed by atoms with Gasteiger partial charge < -0.3 is 10.1 Å². The molecule has 1 aliphatic heterocycles. The molecule has 5 heteroatoms. The number of carbonyl (C=O) groups is 1. The van der Waals surface area contributed by atoms with E-state index in [4.69, 9.17) is 4.74 Å². The lowest BCUT2D eigenvalue weighted by atomic mass is 10.1. The van der Waals surface area contributed by atoms with Crippen molar-refractivity contribution in [2.45, 2.75) is 25.8 Å². The minimum Gasteiger partial charge on any atom is -0.381 e. The highest BCUT2D eigenvalue weighted by molar-refractivity contribution is 5.95. The van der Waals surface area contributed by atoms with Crippen LogP contribution in [-0.4, -0.2) is 35.1 Å². The first kappa shape index (κ1) is 14.7. The molecule has 0 atom stereocenters. The van der Waals surface area contributed by atoms with Gasteiger partial charge in [0.25, 0.3) is 5.91 Å². The summed E-state index contributed by atoms with van der Waals surface area (Å²) >= 11 is 0. The number of amides is 1. The van der Waals surface area contributed by atoms with Crippen LogP contribution in [0, 0.1) is 6.92 Å². The van der Waals surface area contributed by atoms with E-state index in [1.807, 2.05) is 37.3 Å². The number of aryl methyl sites for hydroxylation is 1. The third-order valence-electron chi connectivity index (χ3n) is 3.73. The van der Waals surface area contributed by atoms with Crippen molar-refractivity contribution < 1.29 is 9.53 Å². The van der Waals surface area contributed by atoms with Gasteiger partial charge in [0.2, 0.25) is 0 Å². The van der Waals surface area contributed by atoms with Crippen LogP contribution in [0.4, 0.5) is 0 Å². The molecule has 0 spiro atoms. The number of benzene rings is 1. The number of rotatable bonds is 3. The van der Waals surface area contributed by atoms with E-state index < -0.39 is 0 Å². The molecule has 1 aliphatic rings. The van der Waals surface area contributed by atoms with Crippen molar-refractivity contribution >= 4 is 5.91 Å². The molecule has 1 aromatic heterocycles. The van der Waals surface area contributed by atoms with Crippen LogP contribution in [0.2, 0.25) is 0 Å². The van der Waals surface area contributed by atoms with Gasteiger partial charge in [-0.1, -0.05) is 12.1 Å². The van der Waals surface area contributed by atoms with E-state index in [-0.39, 0.29) is 11.9 Å². The van der Waals surface area contributed by atoms with Crippen molar-refractivity contribution in [1.82, 2.24) is 15.3 Å². The molecular formula is C17H19N3O2. The average molecular weight is 297 g/mol. The van der Waals surface area contributed by atoms with E-state index in [1.165, 1.54) is 0 Å². The molecule has 2 aromatic rings. The molecule has 3 rings (SSSR count). The molecular weight excluding hydrogens is 278 g/mol. The first-order valence-electron chi connectivity index (χ1n) is 7.51. The molecule has 0 bridgehead atoms. The Morgan fingerprint density at radius 2 is 2.09 bits per heavy atom. The van der Waals surface area contributed by atoms with Crippen LogP contribution in [0.3, 0.4) is 0 Å². The van der Waals surface area contributed by atoms with Gasteiger partial charge in [-0.3, -0.25) is 4.79 Å². The lowest BCUT2D eigenvalue weighted by Gasteiger charge is -2.23. The second kappa shape index (κ2) is 6.66. The Hall–Kier alpha value is -2.27. The van der Waals surface area contributed by atoms with Crippen LogP contribution in [-0.2, 0) is 4.74 Å². The molecule has 1 amide bonds. The molecule has 114 valence electrons. The van der Waals surface area contributed by atoms with Gasteiger partial charge in [0.15, 0.2) is 5.82 Å². The number of hydrogen-bond donors (Lipinski definition) is 1. The molecule has 2 heterocycles. The molecule has 1 aromatic carbocycles. The summed E-state index contributed by atoms with van der Waals surface area (Å²) in [5.41, 5.74) is 2.39. The Balaban J connectivity index is 1.77. The predicted molar refractivity (Wildman–Crippen MR) is 83.5 cm³/mol. The molecule has 22 heavy (non-hydrogen) atoms. The third-order valence-corrected chi connectivity index (χ3v) is 3.73. The maximum Gasteiger partial charge on any atom is 0.251 e. The van der Waals surface area contributed by atoms with Crippen LogP contribution in [0.25, 0.3) is 11.4 Å². The van der Waals surface area contributed by atoms with Gasteiger partial charge in [-0.15, -0.1) is 0 Å². The van der Waals surface area contributed by atoms with Gasteiger partial charge in [-0.25, -0.2) is 9.97 Å². The molecule has 1 N–H and O–H groups in total. The van der Waals surface area contributed by atoms with Gasteiger partial charge in [0, 0.05) is 42.3 Å². The second-order valence-corrected chi connectivity index (χ2v) is 5.46. The summed E-state index contributed by atoms with van der Waals surface area (Å²) < 4.78 is 5.31. The molecule has 1 fully saturated rings. The zero-order valence-electron chi connectivity index (χ0n) is 12.6. The van der Waals surface area contributed by atoms with E-state index in [2.05, 4.69) is 15.3 Å². The van der Waals surface area contributed by atoms with E-state index in [1.54, 1.807) is 6.20 Å². The first-order chi connectivity index (χ1) is 10.7. The fourth-order valence-corrected chi connectivity index (χ4v) is 2.50. The normalized spacial score (nSPS) is 15.5. The standard InChI is InChI=1S/C17H19N3O2/c1-12-5-8-18-16(19-12)13-3-2-4-14(11-13)17(21)20-15-6-9-22-10-7-15/h2-5,8,11,15H,6-7,9-10H2,1H3,(H,20,21). The van der Waals surface area contributed by atoms with Crippen molar-refractivity contribution in [3.05, 3.63) is 47.8 Å². The van der Waals surface area contributed by atoms with E-state index in [9.17, 15) is 4.79 Å². The first-order valence-corrected chi connectivity index (χ1v) is 7.51. The minimum atomic E-state index is -0.0543. The number of carbonyl (C=O) groups excluding carboxylic acids is 1. The maximum atomic E-state index is 12.4. The second-order valence-electron chi connectivity index (χ2n) is 5.46. The molecule has 0 aliphatic carbocycles. The van der Waals surface area contributed by atoms with Gasteiger partial charge >= 0.3 is 0 Å². The Morgan fingerprint density at radius 1 is 1.27 bits per heavy atom. The summed E-state index contributed by atoms with van der Waals surface area (Å²) in [4.78, 5) is 21.0. The Bertz CT molecular complexity index is 666. The van der Waals surface area contributed by atoms with Crippen molar-refractivity contribution in [3.63, 3.8) is 0 Å². The van der Waals surface area contributed by atoms with E-state index in [0.29, 0.717) is 24.6 Å². The smallest absolute Gasteiger partial charge is 0.251 e. The van der Waals surface area contributed by atoms with Crippen LogP contribution in [0.15, 0.2) is 36.5 Å². The summed E-state index contributed by atoms with van der Waals surface area (Å²) in [7, 11) is 0. The maximum absolute atomic E-state index is 12.4. The highest BCUT2D eigenvalue weighted by Crippen LogP contribution is 2.17. The number of hydrogen-bond acceptors (Lipinski definition) is 4. The summed E-state index contributed by atoms with van der Waals surface area (Å²) in [6, 6.07) is 9.47. The van der Waals surface area contributed by atoms with E-state index >= 15 is 0 Å². The summed E-state index contributed by atoms with van der Waals surface area (Å²) in [5, 5.41) is 3.07. The number of nitrogens with zero attached hydrogens (tertiary/aromatic N) is 2. The molecule has 1 saturated heterocycles. The number of nitrogens with one attached hydrogen (secondary N) is 1. The molecule has 0 saturated carbocycles. The Morgan fingerprint density at radius 3 is 2.86 bits per heavy atom. The number of ether oxygens (including phenoxy) is 1. The predicted octanol–water partition coefficient (Wildman–Crippen LogP) is 2.36. The average Bonchev–Trinajstić information content (AvgIpc) is 2.56. The fourth-order valence-electron chi connectivity index (χ4n) is 2.50. The van der Waals surface area contributed by atoms with Crippen LogP contribution >= 0.6 is 0 Å². The molecule has 0 radical (unpaired) electrons. The quantitative estimate of drug-likeness (QED) is 0.944. The minimum absolute atomic E-state index is 0.0543. The van der Waals surface area contributed by atoms with Crippen molar-refractivity contribution in [2.75, 3.05) is 13.2 Å². The van der Waals surface area contributed by atoms with Crippen molar-refractivity contribution in [1.29, 1.82) is 0 Å². The lowest BCUT2D eigenvalue weighted by Crippen LogP contribution is -2.38. The highest BCUT2D eigenvalue weighted by Gasteiger charge is 2.17. The fraction of sp³-hybridized carbons (Fsp3) is 0.353. The van der Waals surface area contributed by atoms with E-state index in [0.717, 1.165) is 24.1 Å². The SMILES string of the molecule is Cc1ccnc(-c2cccc(C(=O)NC3CCOCC3)c2)n1. The summed E-state index contributed by atoms with van der Waals surface area (Å²) in [6.45, 7) is 3.34. The van der Waals surface area contributed by atoms with Crippen LogP contribution in [0.5, 0.6) is 0 Å². The monoisotopic (exact) mass is 297 g/mol. The zero-order valence-corrected chi connectivity index (χ0v) is 12.6. The summed E-state index contributed by atoms with van der Waals surface area (Å²) in [6.07, 6.45) is 3.46. The third kappa shape index (κ3) is 3.49. The Labute approximate surface area is 129 Å². The van der Waals surface area contributed by atoms with Gasteiger partial charge in [0.05, 0.1) is 0 Å². The topological polar surface area (TPSA) is 64.1 Å². The van der Waals surface area contributed by atoms with Gasteiger partial charge in [-0.05, 0) is 38.0 Å². The van der Waals surface area contributed by atoms with Crippen molar-refractivity contribution in [2.24, 2.45) is 0 Å². The number of aromatic nitrogens is 2.